The second-order valence-electron chi connectivity index (χ2n) is 5.24. The fourth-order valence-corrected chi connectivity index (χ4v) is 2.97. The number of nitrogens with zero attached hydrogens (tertiary/aromatic N) is 1. The molecule has 0 atom stereocenters. The van der Waals surface area contributed by atoms with Crippen LogP contribution in [0, 0.1) is 6.92 Å². The van der Waals surface area contributed by atoms with Crippen molar-refractivity contribution in [1.29, 1.82) is 0 Å². The molecule has 1 heterocycles. The third kappa shape index (κ3) is 2.81. The maximum absolute atomic E-state index is 4.24. The summed E-state index contributed by atoms with van der Waals surface area (Å²) in [4.78, 5) is 4.24. The van der Waals surface area contributed by atoms with Crippen molar-refractivity contribution in [1.82, 2.24) is 4.98 Å². The highest BCUT2D eigenvalue weighted by Gasteiger charge is 2.30. The predicted octanol–water partition coefficient (Wildman–Crippen LogP) is 4.51. The predicted molar refractivity (Wildman–Crippen MR) is 82.5 cm³/mol. The topological polar surface area (TPSA) is 24.9 Å². The van der Waals surface area contributed by atoms with Crippen molar-refractivity contribution in [3.05, 3.63) is 58.3 Å². The molecule has 1 N–H and O–H groups in total. The van der Waals surface area contributed by atoms with Crippen molar-refractivity contribution in [2.75, 3.05) is 5.32 Å². The number of hydrogen-bond acceptors (Lipinski definition) is 2. The van der Waals surface area contributed by atoms with Crippen LogP contribution in [-0.4, -0.2) is 11.0 Å². The summed E-state index contributed by atoms with van der Waals surface area (Å²) in [6, 6.07) is 13.3. The maximum Gasteiger partial charge on any atom is 0.106 e. The van der Waals surface area contributed by atoms with Crippen molar-refractivity contribution in [2.24, 2.45) is 0 Å². The number of aryl methyl sites for hydroxylation is 1. The molecule has 1 fully saturated rings. The highest BCUT2D eigenvalue weighted by Crippen LogP contribution is 2.39. The van der Waals surface area contributed by atoms with E-state index in [0.29, 0.717) is 12.0 Å². The van der Waals surface area contributed by atoms with Crippen LogP contribution in [0.1, 0.15) is 29.9 Å². The van der Waals surface area contributed by atoms with Crippen molar-refractivity contribution >= 4 is 21.6 Å². The van der Waals surface area contributed by atoms with Crippen LogP contribution in [-0.2, 0) is 0 Å². The smallest absolute Gasteiger partial charge is 0.106 e. The molecule has 98 valence electrons. The molecule has 1 aromatic carbocycles. The zero-order valence-corrected chi connectivity index (χ0v) is 12.5. The lowest BCUT2D eigenvalue weighted by molar-refractivity contribution is 0.373. The van der Waals surface area contributed by atoms with Gasteiger partial charge in [-0.15, -0.1) is 0 Å². The first-order valence-electron chi connectivity index (χ1n) is 6.66. The average molecular weight is 317 g/mol. The van der Waals surface area contributed by atoms with Gasteiger partial charge in [0.1, 0.15) is 4.60 Å². The molecule has 0 aliphatic heterocycles. The molecule has 0 amide bonds. The van der Waals surface area contributed by atoms with Crippen LogP contribution in [0.3, 0.4) is 0 Å². The number of hydrogen-bond donors (Lipinski definition) is 1. The molecule has 0 saturated heterocycles. The first-order valence-corrected chi connectivity index (χ1v) is 7.45. The number of rotatable bonds is 3. The second-order valence-corrected chi connectivity index (χ2v) is 6.05. The molecule has 0 radical (unpaired) electrons. The number of benzene rings is 1. The molecule has 0 bridgehead atoms. The Balaban J connectivity index is 1.58. The normalized spacial score (nSPS) is 21.8. The summed E-state index contributed by atoms with van der Waals surface area (Å²) in [6.07, 6.45) is 4.30. The van der Waals surface area contributed by atoms with Crippen molar-refractivity contribution < 1.29 is 0 Å². The van der Waals surface area contributed by atoms with Crippen molar-refractivity contribution in [3.63, 3.8) is 0 Å². The van der Waals surface area contributed by atoms with E-state index in [1.165, 1.54) is 24.0 Å². The summed E-state index contributed by atoms with van der Waals surface area (Å²) >= 11 is 3.35. The minimum Gasteiger partial charge on any atom is -0.381 e. The Morgan fingerprint density at radius 3 is 2.63 bits per heavy atom. The molecular weight excluding hydrogens is 300 g/mol. The van der Waals surface area contributed by atoms with Crippen LogP contribution in [0.4, 0.5) is 5.69 Å². The summed E-state index contributed by atoms with van der Waals surface area (Å²) in [6.45, 7) is 2.20. The van der Waals surface area contributed by atoms with Gasteiger partial charge in [-0.2, -0.15) is 0 Å². The fourth-order valence-electron chi connectivity index (χ4n) is 2.73. The molecule has 19 heavy (non-hydrogen) atoms. The number of anilines is 1. The number of pyridine rings is 1. The molecule has 0 spiro atoms. The van der Waals surface area contributed by atoms with Gasteiger partial charge in [-0.05, 0) is 64.9 Å². The minimum absolute atomic E-state index is 0.576. The summed E-state index contributed by atoms with van der Waals surface area (Å²) in [5.74, 6) is 0.710. The van der Waals surface area contributed by atoms with E-state index in [1.807, 2.05) is 12.3 Å². The Bertz CT molecular complexity index is 559. The summed E-state index contributed by atoms with van der Waals surface area (Å²) < 4.78 is 0.879. The fraction of sp³-hybridized carbons (Fsp3) is 0.312. The third-order valence-corrected chi connectivity index (χ3v) is 4.33. The molecule has 1 aromatic heterocycles. The van der Waals surface area contributed by atoms with E-state index in [4.69, 9.17) is 0 Å². The van der Waals surface area contributed by atoms with E-state index >= 15 is 0 Å². The Hall–Kier alpha value is -1.35. The highest BCUT2D eigenvalue weighted by atomic mass is 79.9. The van der Waals surface area contributed by atoms with E-state index < -0.39 is 0 Å². The molecule has 2 aromatic rings. The molecule has 3 rings (SSSR count). The van der Waals surface area contributed by atoms with E-state index in [2.05, 4.69) is 63.5 Å². The van der Waals surface area contributed by atoms with Gasteiger partial charge in [0.25, 0.3) is 0 Å². The van der Waals surface area contributed by atoms with Crippen molar-refractivity contribution in [3.8, 4) is 0 Å². The first-order chi connectivity index (χ1) is 9.22. The number of halogens is 1. The zero-order valence-electron chi connectivity index (χ0n) is 10.9. The average Bonchev–Trinajstić information content (AvgIpc) is 2.37. The summed E-state index contributed by atoms with van der Waals surface area (Å²) in [5, 5.41) is 3.54. The third-order valence-electron chi connectivity index (χ3n) is 3.86. The van der Waals surface area contributed by atoms with Gasteiger partial charge < -0.3 is 5.32 Å². The van der Waals surface area contributed by atoms with Gasteiger partial charge in [-0.1, -0.05) is 24.3 Å². The molecule has 0 unspecified atom stereocenters. The molecule has 1 saturated carbocycles. The van der Waals surface area contributed by atoms with Crippen LogP contribution in [0.25, 0.3) is 0 Å². The van der Waals surface area contributed by atoms with Crippen LogP contribution in [0.2, 0.25) is 0 Å². The Labute approximate surface area is 122 Å². The monoisotopic (exact) mass is 316 g/mol. The Morgan fingerprint density at radius 2 is 1.95 bits per heavy atom. The van der Waals surface area contributed by atoms with E-state index in [9.17, 15) is 0 Å². The lowest BCUT2D eigenvalue weighted by Crippen LogP contribution is -2.34. The van der Waals surface area contributed by atoms with Crippen LogP contribution in [0.5, 0.6) is 0 Å². The van der Waals surface area contributed by atoms with Gasteiger partial charge in [0.05, 0.1) is 11.9 Å². The van der Waals surface area contributed by atoms with Crippen molar-refractivity contribution in [2.45, 2.75) is 31.7 Å². The van der Waals surface area contributed by atoms with Gasteiger partial charge >= 0.3 is 0 Å². The van der Waals surface area contributed by atoms with E-state index in [-0.39, 0.29) is 0 Å². The second kappa shape index (κ2) is 5.33. The van der Waals surface area contributed by atoms with E-state index in [0.717, 1.165) is 10.3 Å². The molecule has 1 aliphatic carbocycles. The number of aromatic nitrogens is 1. The maximum atomic E-state index is 4.24. The van der Waals surface area contributed by atoms with Gasteiger partial charge in [-0.3, -0.25) is 0 Å². The van der Waals surface area contributed by atoms with E-state index in [1.54, 1.807) is 0 Å². The summed E-state index contributed by atoms with van der Waals surface area (Å²) in [5.41, 5.74) is 4.03. The molecular formula is C16H17BrN2. The van der Waals surface area contributed by atoms with Crippen LogP contribution in [0.15, 0.2) is 47.2 Å². The van der Waals surface area contributed by atoms with Gasteiger partial charge in [0.2, 0.25) is 0 Å². The minimum atomic E-state index is 0.576. The van der Waals surface area contributed by atoms with Crippen LogP contribution >= 0.6 is 15.9 Å². The summed E-state index contributed by atoms with van der Waals surface area (Å²) in [7, 11) is 0. The highest BCUT2D eigenvalue weighted by molar-refractivity contribution is 9.10. The lowest BCUT2D eigenvalue weighted by atomic mass is 9.74. The van der Waals surface area contributed by atoms with Gasteiger partial charge in [0, 0.05) is 6.04 Å². The largest absolute Gasteiger partial charge is 0.381 e. The number of nitrogens with one attached hydrogen (secondary N) is 1. The Morgan fingerprint density at radius 1 is 1.16 bits per heavy atom. The first kappa shape index (κ1) is 12.7. The molecule has 2 nitrogen and oxygen atoms in total. The zero-order chi connectivity index (χ0) is 13.2. The van der Waals surface area contributed by atoms with Crippen LogP contribution < -0.4 is 5.32 Å². The lowest BCUT2D eigenvalue weighted by Gasteiger charge is -2.37. The SMILES string of the molecule is Cc1ccccc1C1CC(Nc2ccc(Br)nc2)C1. The van der Waals surface area contributed by atoms with Gasteiger partial charge in [-0.25, -0.2) is 4.98 Å². The molecule has 1 aliphatic rings. The Kier molecular flexibility index (Phi) is 3.56. The van der Waals surface area contributed by atoms with Gasteiger partial charge in [0.15, 0.2) is 0 Å². The standard InChI is InChI=1S/C16H17BrN2/c1-11-4-2-3-5-15(11)12-8-14(9-12)19-13-6-7-16(17)18-10-13/h2-7,10,12,14,19H,8-9H2,1H3. The molecule has 3 heteroatoms. The quantitative estimate of drug-likeness (QED) is 0.843.